The van der Waals surface area contributed by atoms with Gasteiger partial charge in [0, 0.05) is 12.3 Å². The minimum Gasteiger partial charge on any atom is -0.486 e. The number of aromatic nitrogens is 1. The van der Waals surface area contributed by atoms with Crippen LogP contribution in [0.4, 0.5) is 0 Å². The number of hydrogen-bond acceptors (Lipinski definition) is 7. The Morgan fingerprint density at radius 1 is 1.17 bits per heavy atom. The minimum absolute atomic E-state index is 0.0670. The second kappa shape index (κ2) is 8.66. The van der Waals surface area contributed by atoms with Gasteiger partial charge in [0.15, 0.2) is 18.1 Å². The van der Waals surface area contributed by atoms with Crippen LogP contribution in [0.25, 0.3) is 0 Å². The van der Waals surface area contributed by atoms with Crippen molar-refractivity contribution in [2.24, 2.45) is 5.92 Å². The monoisotopic (exact) mass is 422 g/mol. The maximum absolute atomic E-state index is 12.8. The normalized spacial score (nSPS) is 14.4. The lowest BCUT2D eigenvalue weighted by molar-refractivity contribution is -0.145. The summed E-state index contributed by atoms with van der Waals surface area (Å²) in [5, 5.41) is 0. The number of hydrogen-bond donors (Lipinski definition) is 2. The van der Waals surface area contributed by atoms with Crippen LogP contribution in [0.5, 0.6) is 11.5 Å². The second-order valence-electron chi connectivity index (χ2n) is 6.76. The Balaban J connectivity index is 1.70. The fourth-order valence-electron chi connectivity index (χ4n) is 2.69. The van der Waals surface area contributed by atoms with Crippen LogP contribution in [0.2, 0.25) is 0 Å². The Morgan fingerprint density at radius 3 is 2.55 bits per heavy atom. The van der Waals surface area contributed by atoms with E-state index in [1.54, 1.807) is 32.2 Å². The molecule has 3 rings (SSSR count). The molecule has 0 spiro atoms. The summed E-state index contributed by atoms with van der Waals surface area (Å²) in [7, 11) is -4.04. The van der Waals surface area contributed by atoms with E-state index < -0.39 is 40.3 Å². The summed E-state index contributed by atoms with van der Waals surface area (Å²) in [5.41, 5.74) is 0.302. The highest BCUT2D eigenvalue weighted by atomic mass is 32.2. The number of fused-ring (bicyclic) bond motifs is 1. The van der Waals surface area contributed by atoms with Gasteiger partial charge in [0.25, 0.3) is 0 Å². The zero-order chi connectivity index (χ0) is 21.0. The van der Waals surface area contributed by atoms with Gasteiger partial charge in [0.05, 0.1) is 10.6 Å². The number of ether oxygens (including phenoxy) is 3. The third-order valence-corrected chi connectivity index (χ3v) is 5.71. The van der Waals surface area contributed by atoms with Crippen molar-refractivity contribution in [2.75, 3.05) is 19.8 Å². The molecule has 1 aromatic heterocycles. The van der Waals surface area contributed by atoms with Gasteiger partial charge in [-0.15, -0.1) is 0 Å². The Hall–Kier alpha value is -2.85. The summed E-state index contributed by atoms with van der Waals surface area (Å²) in [6, 6.07) is 6.25. The van der Waals surface area contributed by atoms with E-state index in [2.05, 4.69) is 9.71 Å². The fraction of sp³-hybridized carbons (Fsp3) is 0.368. The number of ketones is 1. The van der Waals surface area contributed by atoms with Crippen molar-refractivity contribution in [3.05, 3.63) is 42.2 Å². The van der Waals surface area contributed by atoms with Gasteiger partial charge in [0.2, 0.25) is 15.8 Å². The summed E-state index contributed by atoms with van der Waals surface area (Å²) in [5.74, 6) is -0.881. The first kappa shape index (κ1) is 20.9. The predicted octanol–water partition coefficient (Wildman–Crippen LogP) is 1.51. The molecule has 0 saturated carbocycles. The molecule has 1 aliphatic rings. The molecule has 10 heteroatoms. The minimum atomic E-state index is -4.04. The SMILES string of the molecule is CC(C)C(NS(=O)(=O)c1ccc2c(c1)OCCO2)C(=O)OCC(=O)c1ccc[nH]1. The molecule has 0 fully saturated rings. The van der Waals surface area contributed by atoms with Gasteiger partial charge in [-0.2, -0.15) is 4.72 Å². The zero-order valence-electron chi connectivity index (χ0n) is 16.0. The lowest BCUT2D eigenvalue weighted by atomic mass is 10.1. The van der Waals surface area contributed by atoms with Crippen LogP contribution >= 0.6 is 0 Å². The number of benzene rings is 1. The van der Waals surface area contributed by atoms with Crippen molar-refractivity contribution in [3.8, 4) is 11.5 Å². The number of nitrogens with one attached hydrogen (secondary N) is 2. The lowest BCUT2D eigenvalue weighted by Gasteiger charge is -2.22. The summed E-state index contributed by atoms with van der Waals surface area (Å²) >= 11 is 0. The van der Waals surface area contributed by atoms with Crippen LogP contribution < -0.4 is 14.2 Å². The van der Waals surface area contributed by atoms with Crippen LogP contribution in [0.3, 0.4) is 0 Å². The van der Waals surface area contributed by atoms with E-state index in [1.165, 1.54) is 18.2 Å². The molecular weight excluding hydrogens is 400 g/mol. The number of sulfonamides is 1. The molecule has 0 radical (unpaired) electrons. The first-order valence-electron chi connectivity index (χ1n) is 9.03. The molecular formula is C19H22N2O7S. The molecule has 2 aromatic rings. The van der Waals surface area contributed by atoms with Crippen LogP contribution in [-0.2, 0) is 19.6 Å². The molecule has 2 heterocycles. The van der Waals surface area contributed by atoms with Crippen molar-refractivity contribution in [3.63, 3.8) is 0 Å². The largest absolute Gasteiger partial charge is 0.486 e. The predicted molar refractivity (Wildman–Crippen MR) is 102 cm³/mol. The number of rotatable bonds is 8. The van der Waals surface area contributed by atoms with Crippen LogP contribution in [-0.4, -0.2) is 51.0 Å². The van der Waals surface area contributed by atoms with Crippen molar-refractivity contribution < 1.29 is 32.2 Å². The molecule has 1 aliphatic heterocycles. The van der Waals surface area contributed by atoms with Crippen LogP contribution in [0, 0.1) is 5.92 Å². The number of H-pyrrole nitrogens is 1. The Morgan fingerprint density at radius 2 is 1.90 bits per heavy atom. The quantitative estimate of drug-likeness (QED) is 0.488. The van der Waals surface area contributed by atoms with Gasteiger partial charge in [-0.25, -0.2) is 8.42 Å². The Bertz CT molecular complexity index is 984. The summed E-state index contributed by atoms with van der Waals surface area (Å²) in [6.07, 6.45) is 1.58. The van der Waals surface area contributed by atoms with Gasteiger partial charge >= 0.3 is 5.97 Å². The van der Waals surface area contributed by atoms with Gasteiger partial charge in [-0.3, -0.25) is 9.59 Å². The van der Waals surface area contributed by atoms with Crippen molar-refractivity contribution in [2.45, 2.75) is 24.8 Å². The number of esters is 1. The smallest absolute Gasteiger partial charge is 0.324 e. The number of carbonyl (C=O) groups is 2. The molecule has 2 N–H and O–H groups in total. The lowest BCUT2D eigenvalue weighted by Crippen LogP contribution is -2.45. The van der Waals surface area contributed by atoms with E-state index in [4.69, 9.17) is 14.2 Å². The van der Waals surface area contributed by atoms with Crippen molar-refractivity contribution in [1.29, 1.82) is 0 Å². The average molecular weight is 422 g/mol. The van der Waals surface area contributed by atoms with E-state index in [1.807, 2.05) is 0 Å². The molecule has 9 nitrogen and oxygen atoms in total. The Labute approximate surface area is 168 Å². The number of Topliss-reactive ketones (excluding diaryl/α,β-unsaturated/α-hetero) is 1. The topological polar surface area (TPSA) is 124 Å². The molecule has 0 aliphatic carbocycles. The van der Waals surface area contributed by atoms with Crippen molar-refractivity contribution in [1.82, 2.24) is 9.71 Å². The zero-order valence-corrected chi connectivity index (χ0v) is 16.8. The van der Waals surface area contributed by atoms with Gasteiger partial charge < -0.3 is 19.2 Å². The summed E-state index contributed by atoms with van der Waals surface area (Å²) in [4.78, 5) is 27.1. The highest BCUT2D eigenvalue weighted by Crippen LogP contribution is 2.32. The van der Waals surface area contributed by atoms with E-state index in [9.17, 15) is 18.0 Å². The second-order valence-corrected chi connectivity index (χ2v) is 8.48. The first-order valence-corrected chi connectivity index (χ1v) is 10.5. The maximum Gasteiger partial charge on any atom is 0.324 e. The maximum atomic E-state index is 12.8. The summed E-state index contributed by atoms with van der Waals surface area (Å²) < 4.78 is 43.7. The first-order chi connectivity index (χ1) is 13.8. The van der Waals surface area contributed by atoms with Crippen LogP contribution in [0.1, 0.15) is 24.3 Å². The van der Waals surface area contributed by atoms with Gasteiger partial charge in [-0.05, 0) is 30.2 Å². The molecule has 1 atom stereocenters. The molecule has 1 aromatic carbocycles. The molecule has 29 heavy (non-hydrogen) atoms. The van der Waals surface area contributed by atoms with E-state index in [-0.39, 0.29) is 4.90 Å². The third kappa shape index (κ3) is 4.96. The molecule has 0 amide bonds. The van der Waals surface area contributed by atoms with Gasteiger partial charge in [0.1, 0.15) is 19.3 Å². The molecule has 0 bridgehead atoms. The Kier molecular flexibility index (Phi) is 6.23. The average Bonchev–Trinajstić information content (AvgIpc) is 3.24. The van der Waals surface area contributed by atoms with Crippen molar-refractivity contribution >= 4 is 21.8 Å². The third-order valence-electron chi connectivity index (χ3n) is 4.27. The molecule has 156 valence electrons. The highest BCUT2D eigenvalue weighted by Gasteiger charge is 2.31. The molecule has 1 unspecified atom stereocenters. The van der Waals surface area contributed by atoms with E-state index >= 15 is 0 Å². The summed E-state index contributed by atoms with van der Waals surface area (Å²) in [6.45, 7) is 3.56. The highest BCUT2D eigenvalue weighted by molar-refractivity contribution is 7.89. The standard InChI is InChI=1S/C19H22N2O7S/c1-12(2)18(19(23)28-11-15(22)14-4-3-7-20-14)21-29(24,25)13-5-6-16-17(10-13)27-9-8-26-16/h3-7,10,12,18,20-21H,8-9,11H2,1-2H3. The number of carbonyl (C=O) groups excluding carboxylic acids is 2. The molecule has 0 saturated heterocycles. The van der Waals surface area contributed by atoms with E-state index in [0.29, 0.717) is 30.4 Å². The fourth-order valence-corrected chi connectivity index (χ4v) is 4.04. The van der Waals surface area contributed by atoms with Gasteiger partial charge in [-0.1, -0.05) is 13.8 Å². The van der Waals surface area contributed by atoms with E-state index in [0.717, 1.165) is 0 Å². The number of aromatic amines is 1. The van der Waals surface area contributed by atoms with Crippen LogP contribution in [0.15, 0.2) is 41.4 Å².